The van der Waals surface area contributed by atoms with Gasteiger partial charge in [0.2, 0.25) is 0 Å². The van der Waals surface area contributed by atoms with Crippen molar-refractivity contribution in [3.05, 3.63) is 281 Å². The summed E-state index contributed by atoms with van der Waals surface area (Å²) in [6.45, 7) is 0. The van der Waals surface area contributed by atoms with Crippen molar-refractivity contribution in [2.24, 2.45) is 5.92 Å². The van der Waals surface area contributed by atoms with Crippen molar-refractivity contribution in [1.29, 1.82) is 0 Å². The van der Waals surface area contributed by atoms with Gasteiger partial charge in [-0.2, -0.15) is 0 Å². The largest absolute Gasteiger partial charge is 0.308 e. The fourth-order valence-corrected chi connectivity index (χ4v) is 19.2. The van der Waals surface area contributed by atoms with Crippen molar-refractivity contribution < 1.29 is 0 Å². The first-order valence-corrected chi connectivity index (χ1v) is 33.5. The van der Waals surface area contributed by atoms with E-state index in [4.69, 9.17) is 9.97 Å². The van der Waals surface area contributed by atoms with E-state index < -0.39 is 10.8 Å². The minimum Gasteiger partial charge on any atom is -0.308 e. The molecule has 10 aromatic rings. The summed E-state index contributed by atoms with van der Waals surface area (Å²) in [5.41, 5.74) is 26.2. The normalized spacial score (nSPS) is 21.7. The molecule has 8 aliphatic rings. The highest BCUT2D eigenvalue weighted by molar-refractivity contribution is 14.1. The molecule has 3 aromatic heterocycles. The average molecular weight is 1250 g/mol. The van der Waals surface area contributed by atoms with E-state index in [-0.39, 0.29) is 9.34 Å². The van der Waals surface area contributed by atoms with E-state index in [1.54, 1.807) is 0 Å². The molecule has 0 bridgehead atoms. The van der Waals surface area contributed by atoms with E-state index in [1.807, 2.05) is 0 Å². The number of hydrogen-bond acceptors (Lipinski definition) is 2. The lowest BCUT2D eigenvalue weighted by Crippen LogP contribution is -2.53. The second-order valence-corrected chi connectivity index (χ2v) is 27.9. The van der Waals surface area contributed by atoms with Crippen molar-refractivity contribution in [3.8, 4) is 56.4 Å². The van der Waals surface area contributed by atoms with Crippen molar-refractivity contribution in [3.63, 3.8) is 0 Å². The van der Waals surface area contributed by atoms with Gasteiger partial charge in [0.25, 0.3) is 0 Å². The Morgan fingerprint density at radius 2 is 1.05 bits per heavy atom. The molecule has 0 radical (unpaired) electrons. The highest BCUT2D eigenvalue weighted by atomic mass is 127. The van der Waals surface area contributed by atoms with Crippen LogP contribution in [0.15, 0.2) is 230 Å². The molecule has 6 aliphatic carbocycles. The zero-order valence-corrected chi connectivity index (χ0v) is 51.8. The molecule has 0 saturated heterocycles. The number of fused-ring (bicyclic) bond motifs is 3. The van der Waals surface area contributed by atoms with Gasteiger partial charge in [0, 0.05) is 36.7 Å². The van der Waals surface area contributed by atoms with Crippen LogP contribution in [0.5, 0.6) is 0 Å². The summed E-state index contributed by atoms with van der Waals surface area (Å²) in [6, 6.07) is 59.6. The van der Waals surface area contributed by atoms with Crippen LogP contribution in [0.2, 0.25) is 0 Å². The van der Waals surface area contributed by atoms with E-state index in [2.05, 4.69) is 273 Å². The number of allylic oxidation sites excluding steroid dienone is 14. The van der Waals surface area contributed by atoms with Gasteiger partial charge in [-0.15, -0.1) is 0 Å². The van der Waals surface area contributed by atoms with Crippen LogP contribution in [0.4, 0.5) is 0 Å². The summed E-state index contributed by atoms with van der Waals surface area (Å²) in [5.74, 6) is 2.21. The second-order valence-electron chi connectivity index (χ2n) is 25.8. The Kier molecular flexibility index (Phi) is 12.2. The van der Waals surface area contributed by atoms with Crippen molar-refractivity contribution in [1.82, 2.24) is 23.7 Å². The Bertz CT molecular complexity index is 4790. The third-order valence-corrected chi connectivity index (χ3v) is 23.2. The van der Waals surface area contributed by atoms with Crippen LogP contribution in [0.1, 0.15) is 128 Å². The van der Waals surface area contributed by atoms with Crippen LogP contribution >= 0.6 is 22.6 Å². The minimum atomic E-state index is -0.498. The summed E-state index contributed by atoms with van der Waals surface area (Å²) < 4.78 is 7.49. The maximum absolute atomic E-state index is 5.44. The Hall–Kier alpha value is -8.59. The number of hydrogen-bond donors (Lipinski definition) is 0. The summed E-state index contributed by atoms with van der Waals surface area (Å²) in [5, 5.41) is 2.65. The monoisotopic (exact) mass is 1250 g/mol. The fraction of sp³-hybridized carbons (Fsp3) is 0.220. The molecule has 1 fully saturated rings. The van der Waals surface area contributed by atoms with Gasteiger partial charge >= 0.3 is 0 Å². The summed E-state index contributed by atoms with van der Waals surface area (Å²) >= 11 is 3.04. The molecule has 18 rings (SSSR count). The molecule has 0 N–H and O–H groups in total. The number of halogens is 1. The number of imidazole rings is 2. The zero-order chi connectivity index (χ0) is 58.1. The molecular formula is C82H68IN5. The molecule has 6 heteroatoms. The first-order chi connectivity index (χ1) is 43.5. The van der Waals surface area contributed by atoms with Gasteiger partial charge in [0.1, 0.15) is 11.6 Å². The van der Waals surface area contributed by atoms with E-state index >= 15 is 0 Å². The molecule has 2 aliphatic heterocycles. The second kappa shape index (κ2) is 20.5. The molecular weight excluding hydrogens is 1180 g/mol. The highest BCUT2D eigenvalue weighted by Crippen LogP contribution is 2.67. The van der Waals surface area contributed by atoms with Gasteiger partial charge in [-0.05, 0) is 181 Å². The minimum absolute atomic E-state index is 0.136. The van der Waals surface area contributed by atoms with E-state index in [0.717, 1.165) is 99.1 Å². The number of benzene rings is 7. The predicted octanol–water partition coefficient (Wildman–Crippen LogP) is 20.7. The van der Waals surface area contributed by atoms with Crippen molar-refractivity contribution in [2.75, 3.05) is 0 Å². The van der Waals surface area contributed by atoms with Gasteiger partial charge < -0.3 is 4.57 Å². The van der Waals surface area contributed by atoms with Crippen LogP contribution in [0.3, 0.4) is 0 Å². The van der Waals surface area contributed by atoms with Gasteiger partial charge in [-0.25, -0.2) is 9.97 Å². The summed E-state index contributed by atoms with van der Waals surface area (Å²) in [4.78, 5) is 10.8. The Morgan fingerprint density at radius 1 is 0.455 bits per heavy atom. The average Bonchev–Trinajstić information content (AvgIpc) is 1.33. The van der Waals surface area contributed by atoms with Gasteiger partial charge in [-0.3, -0.25) is 9.13 Å². The van der Waals surface area contributed by atoms with E-state index in [9.17, 15) is 0 Å². The smallest absolute Gasteiger partial charge is 0.145 e. The SMILES string of the molecule is IC1(C2(c3ccccc3)c3cccc4c3-n3c5c(cc(-c6ccc(-c7nc8c(n7C7=CC=CCC7)C=CCC8)cc6)cc5c5cc(-c6ccc(-c7nc8c(n7-c7ccccc7)C=CCC8)cc6)cc2c53)C4(C2=CC=CCC2)C2C=CC=CC2)CCCCC1. The highest BCUT2D eigenvalue weighted by Gasteiger charge is 2.60. The van der Waals surface area contributed by atoms with Crippen molar-refractivity contribution >= 4 is 62.2 Å². The standard InChI is InChI=1S/C82H68IN5/c83-80(48-21-6-22-49-80)82(62-28-11-3-12-29-62)68-35-23-34-67-77(68)88-75-65(66-51-59(53-70(82)76(66)88)55-42-46-57(47-43-55)79-85-72-37-18-20-39-74(72)87(79)64-32-15-5-16-33-64)50-58(52-69(75)81(67,60-24-7-1-8-25-60)61-26-9-2-10-27-61)54-40-44-56(45-41-54)78-84-71-36-17-19-38-73(71)86(78)63-30-13-4-14-31-63/h1-5,7-9,11-13,15-16,19-20,23-24,26,28-30,32-35,38-47,50-53,60H,6,10,14,17-18,21-22,25,27,31,36-37,48-49H2. The molecule has 7 aromatic carbocycles. The van der Waals surface area contributed by atoms with Gasteiger partial charge in [0.15, 0.2) is 0 Å². The quantitative estimate of drug-likeness (QED) is 0.101. The molecule has 1 saturated carbocycles. The lowest BCUT2D eigenvalue weighted by Gasteiger charge is -2.55. The molecule has 88 heavy (non-hydrogen) atoms. The molecule has 3 unspecified atom stereocenters. The van der Waals surface area contributed by atoms with Crippen LogP contribution in [0.25, 0.3) is 96.1 Å². The van der Waals surface area contributed by atoms with E-state index in [0.29, 0.717) is 0 Å². The Morgan fingerprint density at radius 3 is 1.68 bits per heavy atom. The fourth-order valence-electron chi connectivity index (χ4n) is 17.6. The van der Waals surface area contributed by atoms with Crippen molar-refractivity contribution in [2.45, 2.75) is 104 Å². The third kappa shape index (κ3) is 7.57. The number of alkyl halides is 1. The molecule has 3 atom stereocenters. The topological polar surface area (TPSA) is 40.6 Å². The maximum atomic E-state index is 5.44. The van der Waals surface area contributed by atoms with Gasteiger partial charge in [-0.1, -0.05) is 230 Å². The number of nitrogens with zero attached hydrogens (tertiary/aromatic N) is 5. The zero-order valence-electron chi connectivity index (χ0n) is 49.6. The van der Waals surface area contributed by atoms with Crippen LogP contribution in [-0.4, -0.2) is 27.1 Å². The van der Waals surface area contributed by atoms with Gasteiger partial charge in [0.05, 0.1) is 50.3 Å². The predicted molar refractivity (Wildman–Crippen MR) is 373 cm³/mol. The van der Waals surface area contributed by atoms with Crippen LogP contribution in [0, 0.1) is 5.92 Å². The summed E-state index contributed by atoms with van der Waals surface area (Å²) in [7, 11) is 0. The molecule has 0 spiro atoms. The Labute approximate surface area is 529 Å². The number of para-hydroxylation sites is 2. The molecule has 428 valence electrons. The lowest BCUT2D eigenvalue weighted by atomic mass is 9.53. The number of aromatic nitrogens is 5. The molecule has 0 amide bonds. The van der Waals surface area contributed by atoms with E-state index in [1.165, 1.54) is 131 Å². The number of rotatable bonds is 10. The van der Waals surface area contributed by atoms with Crippen LogP contribution < -0.4 is 0 Å². The first kappa shape index (κ1) is 52.5. The van der Waals surface area contributed by atoms with Crippen LogP contribution in [-0.2, 0) is 23.7 Å². The summed E-state index contributed by atoms with van der Waals surface area (Å²) in [6.07, 6.45) is 47.8. The number of aryl methyl sites for hydroxylation is 2. The first-order valence-electron chi connectivity index (χ1n) is 32.5. The lowest BCUT2D eigenvalue weighted by molar-refractivity contribution is 0.327. The Balaban J connectivity index is 0.929. The molecule has 5 heterocycles. The molecule has 5 nitrogen and oxygen atoms in total. The third-order valence-electron chi connectivity index (χ3n) is 21.3. The maximum Gasteiger partial charge on any atom is 0.145 e.